The monoisotopic (exact) mass is 391 g/mol. The number of allylic oxidation sites excluding steroid dienone is 3. The highest BCUT2D eigenvalue weighted by molar-refractivity contribution is 6.25. The third-order valence-corrected chi connectivity index (χ3v) is 5.79. The smallest absolute Gasteiger partial charge is 0.298 e. The normalized spacial score (nSPS) is 26.1. The fraction of sp³-hybridized carbons (Fsp3) is 0.500. The molecule has 5 nitrogen and oxygen atoms in total. The van der Waals surface area contributed by atoms with Crippen molar-refractivity contribution in [3.8, 4) is 6.01 Å². The Balaban J connectivity index is 1.85. The van der Waals surface area contributed by atoms with E-state index in [4.69, 9.17) is 21.1 Å². The van der Waals surface area contributed by atoms with Gasteiger partial charge in [0.25, 0.3) is 6.01 Å². The van der Waals surface area contributed by atoms with Gasteiger partial charge in [0.15, 0.2) is 5.65 Å². The minimum atomic E-state index is -2.11. The summed E-state index contributed by atoms with van der Waals surface area (Å²) in [5, 5.41) is -2.11. The molecule has 2 heterocycles. The Morgan fingerprint density at radius 3 is 2.74 bits per heavy atom. The number of alkyl halides is 2. The molecule has 7 heteroatoms. The van der Waals surface area contributed by atoms with E-state index in [-0.39, 0.29) is 6.04 Å². The number of halogens is 2. The summed E-state index contributed by atoms with van der Waals surface area (Å²) in [6.45, 7) is 2.16. The van der Waals surface area contributed by atoms with E-state index in [9.17, 15) is 0 Å². The third kappa shape index (κ3) is 3.10. The van der Waals surface area contributed by atoms with Gasteiger partial charge in [0, 0.05) is 18.3 Å². The largest absolute Gasteiger partial charge is 0.497 e. The van der Waals surface area contributed by atoms with Crippen LogP contribution in [-0.4, -0.2) is 33.9 Å². The minimum Gasteiger partial charge on any atom is -0.497 e. The van der Waals surface area contributed by atoms with Crippen LogP contribution in [0.1, 0.15) is 43.7 Å². The van der Waals surface area contributed by atoms with Crippen molar-refractivity contribution in [1.82, 2.24) is 14.5 Å². The van der Waals surface area contributed by atoms with Crippen molar-refractivity contribution in [3.05, 3.63) is 41.8 Å². The summed E-state index contributed by atoms with van der Waals surface area (Å²) < 4.78 is 27.9. The summed E-state index contributed by atoms with van der Waals surface area (Å²) in [7, 11) is 3.09. The molecule has 3 atom stereocenters. The molecule has 0 aromatic carbocycles. The first-order chi connectivity index (χ1) is 13.0. The molecule has 2 aromatic rings. The first-order valence-electron chi connectivity index (χ1n) is 9.23. The van der Waals surface area contributed by atoms with Crippen molar-refractivity contribution in [3.63, 3.8) is 0 Å². The molecule has 144 valence electrons. The van der Waals surface area contributed by atoms with Gasteiger partial charge in [-0.05, 0) is 42.9 Å². The van der Waals surface area contributed by atoms with Crippen LogP contribution in [0.15, 0.2) is 36.3 Å². The molecule has 2 aromatic heterocycles. The molecule has 27 heavy (non-hydrogen) atoms. The van der Waals surface area contributed by atoms with Gasteiger partial charge in [-0.2, -0.15) is 4.98 Å². The second-order valence-corrected chi connectivity index (χ2v) is 7.70. The fourth-order valence-electron chi connectivity index (χ4n) is 3.97. The summed E-state index contributed by atoms with van der Waals surface area (Å²) in [6, 6.07) is 2.56. The minimum absolute atomic E-state index is 0.278. The van der Waals surface area contributed by atoms with Gasteiger partial charge >= 0.3 is 0 Å². The molecule has 1 saturated carbocycles. The highest BCUT2D eigenvalue weighted by Crippen LogP contribution is 2.47. The number of fused-ring (bicyclic) bond motifs is 1. The first-order valence-corrected chi connectivity index (χ1v) is 9.61. The van der Waals surface area contributed by atoms with Gasteiger partial charge in [0.05, 0.1) is 20.1 Å². The zero-order valence-corrected chi connectivity index (χ0v) is 16.4. The summed E-state index contributed by atoms with van der Waals surface area (Å²) in [6.07, 6.45) is 9.78. The van der Waals surface area contributed by atoms with Crippen LogP contribution in [0.25, 0.3) is 11.2 Å². The Hall–Kier alpha value is -2.08. The van der Waals surface area contributed by atoms with Crippen LogP contribution in [0.3, 0.4) is 0 Å². The molecule has 4 rings (SSSR count). The van der Waals surface area contributed by atoms with Gasteiger partial charge in [-0.1, -0.05) is 24.6 Å². The number of methoxy groups -OCH3 is 2. The Labute approximate surface area is 162 Å². The molecule has 0 aliphatic heterocycles. The number of aromatic nitrogens is 3. The van der Waals surface area contributed by atoms with Gasteiger partial charge in [-0.3, -0.25) is 4.57 Å². The molecule has 0 amide bonds. The van der Waals surface area contributed by atoms with E-state index in [1.54, 1.807) is 31.5 Å². The number of imidazole rings is 1. The third-order valence-electron chi connectivity index (χ3n) is 5.45. The SMILES string of the molecule is CCC(C1CC1)n1c(OC)nc2c(C3C=CC(OC)=CC3(F)Cl)ccnc21. The lowest BCUT2D eigenvalue weighted by molar-refractivity contribution is 0.266. The predicted octanol–water partition coefficient (Wildman–Crippen LogP) is 4.89. The second-order valence-electron chi connectivity index (χ2n) is 7.12. The highest BCUT2D eigenvalue weighted by atomic mass is 35.5. The lowest BCUT2D eigenvalue weighted by Crippen LogP contribution is -2.24. The van der Waals surface area contributed by atoms with Crippen molar-refractivity contribution in [2.45, 2.75) is 43.3 Å². The van der Waals surface area contributed by atoms with Gasteiger partial charge < -0.3 is 9.47 Å². The van der Waals surface area contributed by atoms with Crippen LogP contribution in [0.5, 0.6) is 6.01 Å². The second kappa shape index (κ2) is 6.82. The Morgan fingerprint density at radius 1 is 1.37 bits per heavy atom. The van der Waals surface area contributed by atoms with Gasteiger partial charge in [0.1, 0.15) is 11.3 Å². The van der Waals surface area contributed by atoms with E-state index in [1.165, 1.54) is 26.0 Å². The summed E-state index contributed by atoms with van der Waals surface area (Å²) >= 11 is 6.22. The van der Waals surface area contributed by atoms with Crippen molar-refractivity contribution < 1.29 is 13.9 Å². The molecular formula is C20H23ClFN3O2. The average molecular weight is 392 g/mol. The molecule has 0 N–H and O–H groups in total. The first kappa shape index (κ1) is 18.3. The highest BCUT2D eigenvalue weighted by Gasteiger charge is 2.40. The molecular weight excluding hydrogens is 369 g/mol. The van der Waals surface area contributed by atoms with Crippen LogP contribution in [0.2, 0.25) is 0 Å². The number of ether oxygens (including phenoxy) is 2. The van der Waals surface area contributed by atoms with Crippen LogP contribution in [-0.2, 0) is 4.74 Å². The number of pyridine rings is 1. The van der Waals surface area contributed by atoms with Crippen LogP contribution >= 0.6 is 11.6 Å². The maximum Gasteiger partial charge on any atom is 0.298 e. The zero-order chi connectivity index (χ0) is 19.2. The maximum absolute atomic E-state index is 15.2. The van der Waals surface area contributed by atoms with E-state index < -0.39 is 11.0 Å². The summed E-state index contributed by atoms with van der Waals surface area (Å²) in [4.78, 5) is 9.21. The van der Waals surface area contributed by atoms with E-state index in [0.717, 1.165) is 6.42 Å². The number of hydrogen-bond donors (Lipinski definition) is 0. The van der Waals surface area contributed by atoms with Crippen molar-refractivity contribution in [2.75, 3.05) is 14.2 Å². The molecule has 1 fully saturated rings. The van der Waals surface area contributed by atoms with Gasteiger partial charge in [0.2, 0.25) is 5.13 Å². The summed E-state index contributed by atoms with van der Waals surface area (Å²) in [5.74, 6) is 0.316. The molecule has 2 aliphatic rings. The standard InChI is InChI=1S/C20H23ClFN3O2/c1-4-16(12-5-6-12)25-18-17(24-19(25)27-3)14(9-10-23-18)15-8-7-13(26-2)11-20(15,21)22/h7-12,15-16H,4-6H2,1-3H3. The van der Waals surface area contributed by atoms with Crippen molar-refractivity contribution in [1.29, 1.82) is 0 Å². The Bertz CT molecular complexity index is 917. The fourth-order valence-corrected chi connectivity index (χ4v) is 4.27. The van der Waals surface area contributed by atoms with E-state index >= 15 is 4.39 Å². The molecule has 3 unspecified atom stereocenters. The van der Waals surface area contributed by atoms with Gasteiger partial charge in [-0.15, -0.1) is 0 Å². The predicted molar refractivity (Wildman–Crippen MR) is 103 cm³/mol. The van der Waals surface area contributed by atoms with Crippen molar-refractivity contribution in [2.24, 2.45) is 5.92 Å². The molecule has 0 saturated heterocycles. The molecule has 2 aliphatic carbocycles. The average Bonchev–Trinajstić information content (AvgIpc) is 3.42. The Kier molecular flexibility index (Phi) is 4.62. The van der Waals surface area contributed by atoms with E-state index in [2.05, 4.69) is 21.5 Å². The van der Waals surface area contributed by atoms with Crippen molar-refractivity contribution >= 4 is 22.8 Å². The number of rotatable bonds is 6. The lowest BCUT2D eigenvalue weighted by Gasteiger charge is -2.27. The van der Waals surface area contributed by atoms with E-state index in [0.29, 0.717) is 34.4 Å². The topological polar surface area (TPSA) is 49.2 Å². The van der Waals surface area contributed by atoms with Crippen LogP contribution < -0.4 is 4.74 Å². The van der Waals surface area contributed by atoms with E-state index in [1.807, 2.05) is 0 Å². The Morgan fingerprint density at radius 2 is 2.15 bits per heavy atom. The number of hydrogen-bond acceptors (Lipinski definition) is 4. The quantitative estimate of drug-likeness (QED) is 0.658. The maximum atomic E-state index is 15.2. The number of nitrogens with zero attached hydrogens (tertiary/aromatic N) is 3. The molecule has 0 radical (unpaired) electrons. The van der Waals surface area contributed by atoms with Crippen LogP contribution in [0, 0.1) is 5.92 Å². The lowest BCUT2D eigenvalue weighted by atomic mass is 9.90. The zero-order valence-electron chi connectivity index (χ0n) is 15.7. The summed E-state index contributed by atoms with van der Waals surface area (Å²) in [5.41, 5.74) is 2.02. The molecule has 0 bridgehead atoms. The van der Waals surface area contributed by atoms with Crippen LogP contribution in [0.4, 0.5) is 4.39 Å². The molecule has 0 spiro atoms. The van der Waals surface area contributed by atoms with Gasteiger partial charge in [-0.25, -0.2) is 9.37 Å².